The van der Waals surface area contributed by atoms with Crippen molar-refractivity contribution in [2.75, 3.05) is 13.2 Å². The molecule has 0 fully saturated rings. The third-order valence-electron chi connectivity index (χ3n) is 12.1. The van der Waals surface area contributed by atoms with Gasteiger partial charge in [-0.3, -0.25) is 14.4 Å². The Morgan fingerprint density at radius 2 is 0.483 bits per heavy atom. The van der Waals surface area contributed by atoms with Gasteiger partial charge in [0.25, 0.3) is 0 Å². The lowest BCUT2D eigenvalue weighted by Gasteiger charge is -2.18. The van der Waals surface area contributed by atoms with E-state index in [0.29, 0.717) is 19.3 Å². The molecule has 6 heteroatoms. The molecule has 0 aromatic rings. The van der Waals surface area contributed by atoms with Gasteiger partial charge in [0, 0.05) is 19.3 Å². The highest BCUT2D eigenvalue weighted by atomic mass is 16.6. The van der Waals surface area contributed by atoms with E-state index in [1.807, 2.05) is 0 Å². The smallest absolute Gasteiger partial charge is 0.306 e. The van der Waals surface area contributed by atoms with Crippen LogP contribution in [0.3, 0.4) is 0 Å². The molecule has 0 saturated carbocycles. The summed E-state index contributed by atoms with van der Waals surface area (Å²) in [6.45, 7) is 13.7. The van der Waals surface area contributed by atoms with E-state index in [4.69, 9.17) is 14.2 Å². The van der Waals surface area contributed by atoms with Crippen molar-refractivity contribution in [1.29, 1.82) is 0 Å². The van der Waals surface area contributed by atoms with Crippen LogP contribution in [0.1, 0.15) is 292 Å². The summed E-state index contributed by atoms with van der Waals surface area (Å²) in [6, 6.07) is 0. The minimum Gasteiger partial charge on any atom is -0.462 e. The van der Waals surface area contributed by atoms with Gasteiger partial charge < -0.3 is 14.2 Å². The molecule has 0 aromatic carbocycles. The van der Waals surface area contributed by atoms with Crippen molar-refractivity contribution in [3.05, 3.63) is 0 Å². The second-order valence-corrected chi connectivity index (χ2v) is 19.9. The Kier molecular flexibility index (Phi) is 44.2. The minimum atomic E-state index is -0.763. The summed E-state index contributed by atoms with van der Waals surface area (Å²) in [7, 11) is 0. The highest BCUT2D eigenvalue weighted by Gasteiger charge is 2.19. The van der Waals surface area contributed by atoms with Crippen molar-refractivity contribution in [3.63, 3.8) is 0 Å². The van der Waals surface area contributed by atoms with E-state index in [-0.39, 0.29) is 31.1 Å². The summed E-state index contributed by atoms with van der Waals surface area (Å²) in [6.07, 6.45) is 45.2. The molecule has 0 rings (SSSR count). The minimum absolute atomic E-state index is 0.0646. The maximum atomic E-state index is 12.8. The summed E-state index contributed by atoms with van der Waals surface area (Å²) in [4.78, 5) is 38.0. The Balaban J connectivity index is 4.30. The number of esters is 3. The Hall–Kier alpha value is -1.59. The van der Waals surface area contributed by atoms with Crippen LogP contribution in [0, 0.1) is 17.8 Å². The molecule has 0 spiro atoms. The van der Waals surface area contributed by atoms with E-state index in [9.17, 15) is 14.4 Å². The number of carbonyl (C=O) groups is 3. The highest BCUT2D eigenvalue weighted by molar-refractivity contribution is 5.71. The van der Waals surface area contributed by atoms with Crippen LogP contribution in [0.4, 0.5) is 0 Å². The van der Waals surface area contributed by atoms with Crippen LogP contribution in [0.25, 0.3) is 0 Å². The van der Waals surface area contributed by atoms with Crippen molar-refractivity contribution < 1.29 is 28.6 Å². The number of carbonyl (C=O) groups excluding carboxylic acids is 3. The molecule has 0 aromatic heterocycles. The lowest BCUT2D eigenvalue weighted by molar-refractivity contribution is -0.167. The van der Waals surface area contributed by atoms with E-state index in [1.54, 1.807) is 0 Å². The molecule has 6 nitrogen and oxygen atoms in total. The number of unbranched alkanes of at least 4 members (excludes halogenated alkanes) is 30. The average Bonchev–Trinajstić information content (AvgIpc) is 3.20. The highest BCUT2D eigenvalue weighted by Crippen LogP contribution is 2.18. The Bertz CT molecular complexity index is 929. The Morgan fingerprint density at radius 3 is 0.717 bits per heavy atom. The summed E-state index contributed by atoms with van der Waals surface area (Å²) in [5, 5.41) is 0. The molecule has 356 valence electrons. The second-order valence-electron chi connectivity index (χ2n) is 19.9. The molecule has 60 heavy (non-hydrogen) atoms. The number of ether oxygens (including phenoxy) is 3. The number of hydrogen-bond donors (Lipinski definition) is 0. The summed E-state index contributed by atoms with van der Waals surface area (Å²) >= 11 is 0. The van der Waals surface area contributed by atoms with E-state index < -0.39 is 6.10 Å². The SMILES string of the molecule is CC(C)CCCCCCCCCCCCCCCCC(=O)OC[C@H](COC(=O)CCCCCCCCCCCC(C)C)OC(=O)CCCCCCCCCCCCC(C)C. The van der Waals surface area contributed by atoms with Crippen LogP contribution in [-0.4, -0.2) is 37.2 Å². The normalized spacial score (nSPS) is 12.2. The topological polar surface area (TPSA) is 78.9 Å². The zero-order valence-electron chi connectivity index (χ0n) is 41.3. The van der Waals surface area contributed by atoms with Crippen LogP contribution in [0.15, 0.2) is 0 Å². The number of hydrogen-bond acceptors (Lipinski definition) is 6. The Morgan fingerprint density at radius 1 is 0.283 bits per heavy atom. The first kappa shape index (κ1) is 58.4. The molecular formula is C54H104O6. The molecule has 0 heterocycles. The quantitative estimate of drug-likeness (QED) is 0.0345. The van der Waals surface area contributed by atoms with E-state index in [1.165, 1.54) is 173 Å². The van der Waals surface area contributed by atoms with Gasteiger partial charge in [-0.2, -0.15) is 0 Å². The van der Waals surface area contributed by atoms with Gasteiger partial charge >= 0.3 is 17.9 Å². The van der Waals surface area contributed by atoms with Gasteiger partial charge in [0.2, 0.25) is 0 Å². The molecule has 1 atom stereocenters. The second kappa shape index (κ2) is 45.4. The molecule has 0 aliphatic heterocycles. The molecule has 0 unspecified atom stereocenters. The zero-order valence-corrected chi connectivity index (χ0v) is 41.3. The van der Waals surface area contributed by atoms with Crippen LogP contribution in [0.2, 0.25) is 0 Å². The fraction of sp³-hybridized carbons (Fsp3) is 0.944. The fourth-order valence-corrected chi connectivity index (χ4v) is 8.12. The summed E-state index contributed by atoms with van der Waals surface area (Å²) in [5.41, 5.74) is 0. The van der Waals surface area contributed by atoms with Gasteiger partial charge in [-0.15, -0.1) is 0 Å². The Labute approximate surface area is 374 Å². The van der Waals surface area contributed by atoms with Crippen LogP contribution in [-0.2, 0) is 28.6 Å². The maximum Gasteiger partial charge on any atom is 0.306 e. The summed E-state index contributed by atoms with van der Waals surface area (Å²) in [5.74, 6) is 1.62. The van der Waals surface area contributed by atoms with Crippen molar-refractivity contribution in [3.8, 4) is 0 Å². The molecule has 0 aliphatic carbocycles. The average molecular weight is 849 g/mol. The summed E-state index contributed by atoms with van der Waals surface area (Å²) < 4.78 is 16.8. The number of rotatable bonds is 47. The molecule has 0 bridgehead atoms. The third-order valence-corrected chi connectivity index (χ3v) is 12.1. The molecule has 0 radical (unpaired) electrons. The van der Waals surface area contributed by atoms with E-state index in [2.05, 4.69) is 41.5 Å². The van der Waals surface area contributed by atoms with Gasteiger partial charge in [0.1, 0.15) is 13.2 Å². The lowest BCUT2D eigenvalue weighted by atomic mass is 10.0. The van der Waals surface area contributed by atoms with E-state index in [0.717, 1.165) is 75.5 Å². The van der Waals surface area contributed by atoms with Gasteiger partial charge in [0.15, 0.2) is 6.10 Å². The van der Waals surface area contributed by atoms with Crippen LogP contribution < -0.4 is 0 Å². The van der Waals surface area contributed by atoms with E-state index >= 15 is 0 Å². The third kappa shape index (κ3) is 47.5. The van der Waals surface area contributed by atoms with Crippen molar-refractivity contribution in [2.45, 2.75) is 298 Å². The first-order valence-corrected chi connectivity index (χ1v) is 26.6. The monoisotopic (exact) mass is 849 g/mol. The lowest BCUT2D eigenvalue weighted by Crippen LogP contribution is -2.30. The zero-order chi connectivity index (χ0) is 44.2. The molecule has 0 N–H and O–H groups in total. The van der Waals surface area contributed by atoms with Crippen molar-refractivity contribution in [2.24, 2.45) is 17.8 Å². The molecule has 0 saturated heterocycles. The predicted molar refractivity (Wildman–Crippen MR) is 256 cm³/mol. The molecule has 0 amide bonds. The van der Waals surface area contributed by atoms with Gasteiger partial charge in [-0.25, -0.2) is 0 Å². The first-order chi connectivity index (χ1) is 29.1. The van der Waals surface area contributed by atoms with Crippen molar-refractivity contribution in [1.82, 2.24) is 0 Å². The maximum absolute atomic E-state index is 12.8. The van der Waals surface area contributed by atoms with Crippen LogP contribution in [0.5, 0.6) is 0 Å². The standard InChI is InChI=1S/C54H104O6/c1-48(2)40-34-28-22-16-11-9-7-8-10-12-19-25-31-37-43-52(55)58-46-51(47-59-53(56)44-38-32-26-21-15-18-24-30-36-42-50(5)6)60-54(57)45-39-33-27-20-14-13-17-23-29-35-41-49(3)4/h48-51H,7-47H2,1-6H3/t51-/m1/s1. The van der Waals surface area contributed by atoms with Crippen molar-refractivity contribution >= 4 is 17.9 Å². The predicted octanol–water partition coefficient (Wildman–Crippen LogP) is 17.2. The van der Waals surface area contributed by atoms with Crippen LogP contribution >= 0.6 is 0 Å². The molecular weight excluding hydrogens is 745 g/mol. The fourth-order valence-electron chi connectivity index (χ4n) is 8.12. The molecule has 0 aliphatic rings. The van der Waals surface area contributed by atoms with Gasteiger partial charge in [-0.1, -0.05) is 253 Å². The largest absolute Gasteiger partial charge is 0.462 e. The van der Waals surface area contributed by atoms with Gasteiger partial charge in [0.05, 0.1) is 0 Å². The van der Waals surface area contributed by atoms with Gasteiger partial charge in [-0.05, 0) is 37.0 Å². The first-order valence-electron chi connectivity index (χ1n) is 26.6.